The van der Waals surface area contributed by atoms with E-state index in [0.29, 0.717) is 29.1 Å². The van der Waals surface area contributed by atoms with E-state index in [1.54, 1.807) is 22.6 Å². The van der Waals surface area contributed by atoms with Crippen LogP contribution in [0.3, 0.4) is 0 Å². The lowest BCUT2D eigenvalue weighted by molar-refractivity contribution is -0.129. The number of fused-ring (bicyclic) bond motifs is 1. The van der Waals surface area contributed by atoms with E-state index in [4.69, 9.17) is 0 Å². The number of amides is 1. The predicted octanol–water partition coefficient (Wildman–Crippen LogP) is 3.56. The maximum Gasteiger partial charge on any atom is 0.262 e. The first-order valence-electron chi connectivity index (χ1n) is 8.96. The lowest BCUT2D eigenvalue weighted by Crippen LogP contribution is -2.33. The topological polar surface area (TPSA) is 55.2 Å². The highest BCUT2D eigenvalue weighted by molar-refractivity contribution is 8.00. The van der Waals surface area contributed by atoms with E-state index in [9.17, 15) is 9.59 Å². The molecule has 0 N–H and O–H groups in total. The van der Waals surface area contributed by atoms with Crippen molar-refractivity contribution in [2.24, 2.45) is 0 Å². The van der Waals surface area contributed by atoms with E-state index in [2.05, 4.69) is 4.98 Å². The van der Waals surface area contributed by atoms with E-state index >= 15 is 0 Å². The third-order valence-corrected chi connectivity index (χ3v) is 5.49. The van der Waals surface area contributed by atoms with Gasteiger partial charge in [-0.25, -0.2) is 4.98 Å². The molecule has 2 aromatic carbocycles. The normalized spacial score (nSPS) is 12.1. The maximum atomic E-state index is 12.8. The van der Waals surface area contributed by atoms with Gasteiger partial charge in [-0.3, -0.25) is 14.2 Å². The molecule has 140 valence electrons. The first-order chi connectivity index (χ1) is 13.0. The van der Waals surface area contributed by atoms with Crippen molar-refractivity contribution in [2.45, 2.75) is 37.3 Å². The highest BCUT2D eigenvalue weighted by Crippen LogP contribution is 2.24. The average molecular weight is 382 g/mol. The number of hydrogen-bond donors (Lipinski definition) is 0. The fraction of sp³-hybridized carbons (Fsp3) is 0.286. The van der Waals surface area contributed by atoms with Crippen LogP contribution in [0.5, 0.6) is 0 Å². The molecule has 0 aliphatic carbocycles. The number of hydrogen-bond acceptors (Lipinski definition) is 4. The molecule has 1 atom stereocenters. The summed E-state index contributed by atoms with van der Waals surface area (Å²) in [6.45, 7) is 4.84. The second kappa shape index (κ2) is 8.39. The molecule has 0 saturated carbocycles. The number of benzene rings is 2. The highest BCUT2D eigenvalue weighted by Gasteiger charge is 2.22. The minimum absolute atomic E-state index is 0.00825. The molecule has 0 spiro atoms. The van der Waals surface area contributed by atoms with Gasteiger partial charge in [-0.2, -0.15) is 0 Å². The van der Waals surface area contributed by atoms with Crippen molar-refractivity contribution in [3.05, 3.63) is 70.5 Å². The molecule has 1 unspecified atom stereocenters. The van der Waals surface area contributed by atoms with Gasteiger partial charge in [-0.15, -0.1) is 0 Å². The fourth-order valence-electron chi connectivity index (χ4n) is 2.97. The zero-order valence-corrected chi connectivity index (χ0v) is 16.6. The summed E-state index contributed by atoms with van der Waals surface area (Å²) in [5, 5.41) is 0.837. The van der Waals surface area contributed by atoms with E-state index in [-0.39, 0.29) is 16.7 Å². The molecule has 6 heteroatoms. The van der Waals surface area contributed by atoms with Crippen LogP contribution in [-0.2, 0) is 17.9 Å². The van der Waals surface area contributed by atoms with Gasteiger partial charge >= 0.3 is 0 Å². The SMILES string of the molecule is CCn1c(SC(C)C(=O)N(C)Cc2ccccc2)nc2ccccc2c1=O. The molecule has 3 aromatic rings. The van der Waals surface area contributed by atoms with E-state index < -0.39 is 0 Å². The van der Waals surface area contributed by atoms with Crippen LogP contribution in [0.15, 0.2) is 64.5 Å². The van der Waals surface area contributed by atoms with Gasteiger partial charge in [0.25, 0.3) is 5.56 Å². The van der Waals surface area contributed by atoms with E-state index in [1.165, 1.54) is 11.8 Å². The molecule has 0 saturated heterocycles. The summed E-state index contributed by atoms with van der Waals surface area (Å²) in [5.41, 5.74) is 1.68. The molecule has 5 nitrogen and oxygen atoms in total. The summed E-state index contributed by atoms with van der Waals surface area (Å²) in [7, 11) is 1.80. The summed E-state index contributed by atoms with van der Waals surface area (Å²) in [6.07, 6.45) is 0. The van der Waals surface area contributed by atoms with Crippen molar-refractivity contribution in [3.63, 3.8) is 0 Å². The number of thioether (sulfide) groups is 1. The van der Waals surface area contributed by atoms with Crippen LogP contribution >= 0.6 is 11.8 Å². The van der Waals surface area contributed by atoms with E-state index in [0.717, 1.165) is 5.56 Å². The number of carbonyl (C=O) groups is 1. The minimum Gasteiger partial charge on any atom is -0.340 e. The Balaban J connectivity index is 1.81. The van der Waals surface area contributed by atoms with Crippen molar-refractivity contribution in [1.82, 2.24) is 14.5 Å². The Bertz CT molecular complexity index is 1000. The number of aromatic nitrogens is 2. The van der Waals surface area contributed by atoms with Gasteiger partial charge in [0.05, 0.1) is 16.2 Å². The minimum atomic E-state index is -0.343. The van der Waals surface area contributed by atoms with Crippen LogP contribution in [0.2, 0.25) is 0 Å². The van der Waals surface area contributed by atoms with Crippen LogP contribution in [0.1, 0.15) is 19.4 Å². The first kappa shape index (κ1) is 19.2. The summed E-state index contributed by atoms with van der Waals surface area (Å²) in [4.78, 5) is 31.8. The second-order valence-electron chi connectivity index (χ2n) is 6.40. The molecular formula is C21H23N3O2S. The molecule has 0 aliphatic heterocycles. The summed E-state index contributed by atoms with van der Waals surface area (Å²) >= 11 is 1.33. The van der Waals surface area contributed by atoms with Gasteiger partial charge in [-0.1, -0.05) is 54.2 Å². The quantitative estimate of drug-likeness (QED) is 0.484. The smallest absolute Gasteiger partial charge is 0.262 e. The summed E-state index contributed by atoms with van der Waals surface area (Å²) in [6, 6.07) is 17.2. The monoisotopic (exact) mass is 381 g/mol. The Hall–Kier alpha value is -2.60. The number of rotatable bonds is 6. The number of carbonyl (C=O) groups excluding carboxylic acids is 1. The third-order valence-electron chi connectivity index (χ3n) is 4.41. The van der Waals surface area contributed by atoms with Crippen LogP contribution in [0, 0.1) is 0 Å². The molecular weight excluding hydrogens is 358 g/mol. The van der Waals surface area contributed by atoms with E-state index in [1.807, 2.05) is 62.4 Å². The molecule has 1 heterocycles. The van der Waals surface area contributed by atoms with Crippen LogP contribution in [0.25, 0.3) is 10.9 Å². The number of nitrogens with zero attached hydrogens (tertiary/aromatic N) is 3. The van der Waals surface area contributed by atoms with Gasteiger partial charge in [0.15, 0.2) is 5.16 Å². The molecule has 0 aliphatic rings. The highest BCUT2D eigenvalue weighted by atomic mass is 32.2. The first-order valence-corrected chi connectivity index (χ1v) is 9.84. The van der Waals surface area contributed by atoms with Gasteiger partial charge in [-0.05, 0) is 31.5 Å². The average Bonchev–Trinajstić information content (AvgIpc) is 2.68. The lowest BCUT2D eigenvalue weighted by Gasteiger charge is -2.22. The van der Waals surface area contributed by atoms with Crippen molar-refractivity contribution < 1.29 is 4.79 Å². The Labute approximate surface area is 163 Å². The van der Waals surface area contributed by atoms with Crippen molar-refractivity contribution in [1.29, 1.82) is 0 Å². The predicted molar refractivity (Wildman–Crippen MR) is 110 cm³/mol. The van der Waals surface area contributed by atoms with Gasteiger partial charge < -0.3 is 4.90 Å². The molecule has 3 rings (SSSR count). The van der Waals surface area contributed by atoms with Crippen LogP contribution < -0.4 is 5.56 Å². The Morgan fingerprint density at radius 1 is 1.15 bits per heavy atom. The Kier molecular flexibility index (Phi) is 5.96. The lowest BCUT2D eigenvalue weighted by atomic mass is 10.2. The number of para-hydroxylation sites is 1. The fourth-order valence-corrected chi connectivity index (χ4v) is 4.06. The molecule has 1 amide bonds. The van der Waals surface area contributed by atoms with Gasteiger partial charge in [0.1, 0.15) is 0 Å². The van der Waals surface area contributed by atoms with Crippen molar-refractivity contribution in [2.75, 3.05) is 7.05 Å². The largest absolute Gasteiger partial charge is 0.340 e. The third kappa shape index (κ3) is 4.22. The Morgan fingerprint density at radius 2 is 1.81 bits per heavy atom. The van der Waals surface area contributed by atoms with Crippen molar-refractivity contribution in [3.8, 4) is 0 Å². The van der Waals surface area contributed by atoms with Crippen LogP contribution in [-0.4, -0.2) is 32.7 Å². The second-order valence-corrected chi connectivity index (χ2v) is 7.71. The summed E-state index contributed by atoms with van der Waals surface area (Å²) in [5.74, 6) is 0.00825. The molecule has 27 heavy (non-hydrogen) atoms. The summed E-state index contributed by atoms with van der Waals surface area (Å²) < 4.78 is 1.63. The molecule has 0 bridgehead atoms. The molecule has 1 aromatic heterocycles. The maximum absolute atomic E-state index is 12.8. The van der Waals surface area contributed by atoms with Gasteiger partial charge in [0.2, 0.25) is 5.91 Å². The molecule has 0 radical (unpaired) electrons. The van der Waals surface area contributed by atoms with Crippen molar-refractivity contribution >= 4 is 28.6 Å². The zero-order chi connectivity index (χ0) is 19.4. The standard InChI is InChI=1S/C21H23N3O2S/c1-4-24-20(26)17-12-8-9-13-18(17)22-21(24)27-15(2)19(25)23(3)14-16-10-6-5-7-11-16/h5-13,15H,4,14H2,1-3H3. The van der Waals surface area contributed by atoms with Crippen LogP contribution in [0.4, 0.5) is 0 Å². The van der Waals surface area contributed by atoms with Gasteiger partial charge in [0, 0.05) is 20.1 Å². The zero-order valence-electron chi connectivity index (χ0n) is 15.8. The molecule has 0 fully saturated rings. The Morgan fingerprint density at radius 3 is 2.52 bits per heavy atom.